The maximum atomic E-state index is 12.1. The molecule has 1 aromatic carbocycles. The fraction of sp³-hybridized carbons (Fsp3) is 0.462. The topological polar surface area (TPSA) is 350 Å². The molecule has 8 heterocycles. The summed E-state index contributed by atoms with van der Waals surface area (Å²) < 4.78 is 26.7. The van der Waals surface area contributed by atoms with Gasteiger partial charge >= 0.3 is 11.9 Å². The van der Waals surface area contributed by atoms with E-state index in [9.17, 15) is 69.0 Å². The van der Waals surface area contributed by atoms with Gasteiger partial charge in [0.15, 0.2) is 34.5 Å². The van der Waals surface area contributed by atoms with Crippen LogP contribution in [0, 0.1) is 116 Å². The number of ether oxygens (including phenoxy) is 3. The van der Waals surface area contributed by atoms with Gasteiger partial charge in [0.2, 0.25) is 32.6 Å². The Bertz CT molecular complexity index is 5200. The molecule has 31 nitrogen and oxygen atoms in total. The van der Waals surface area contributed by atoms with Crippen LogP contribution >= 0.6 is 12.6 Å². The van der Waals surface area contributed by atoms with E-state index >= 15 is 0 Å². The first-order chi connectivity index (χ1) is 59.8. The summed E-state index contributed by atoms with van der Waals surface area (Å²) in [4.78, 5) is 107. The molecule has 7 aromatic rings. The molecule has 2 atom stereocenters. The van der Waals surface area contributed by atoms with Crippen molar-refractivity contribution in [1.29, 1.82) is 0 Å². The van der Waals surface area contributed by atoms with Gasteiger partial charge in [-0.05, 0) is 74.4 Å². The summed E-state index contributed by atoms with van der Waals surface area (Å²) >= 11 is 4.21. The molecule has 0 radical (unpaired) electrons. The second kappa shape index (κ2) is 57.4. The van der Waals surface area contributed by atoms with Crippen molar-refractivity contribution in [2.45, 2.75) is 120 Å². The Morgan fingerprint density at radius 3 is 1.23 bits per heavy atom. The summed E-state index contributed by atoms with van der Waals surface area (Å²) in [6.07, 6.45) is 42.5. The number of aromatic hydroxyl groups is 6. The molecule has 6 aromatic heterocycles. The average molecular weight is 1740 g/mol. The normalized spacial score (nSPS) is 13.1. The van der Waals surface area contributed by atoms with Gasteiger partial charge in [0, 0.05) is 216 Å². The van der Waals surface area contributed by atoms with Crippen molar-refractivity contribution in [2.24, 2.45) is 0 Å². The third-order valence-electron chi connectivity index (χ3n) is 20.9. The zero-order chi connectivity index (χ0) is 92.5. The Kier molecular flexibility index (Phi) is 48.4. The molecule has 0 saturated carbocycles. The van der Waals surface area contributed by atoms with E-state index in [2.05, 4.69) is 80.0 Å². The van der Waals surface area contributed by atoms with Crippen LogP contribution in [-0.4, -0.2) is 280 Å². The zero-order valence-corrected chi connectivity index (χ0v) is 74.4. The number of rotatable bonds is 36. The number of hydrogen-bond donors (Lipinski definition) is 8. The highest BCUT2D eigenvalue weighted by Crippen LogP contribution is 2.17. The van der Waals surface area contributed by atoms with E-state index in [0.717, 1.165) is 117 Å². The minimum Gasteiger partial charge on any atom is -0.503 e. The highest BCUT2D eigenvalue weighted by molar-refractivity contribution is 7.80. The highest BCUT2D eigenvalue weighted by atomic mass is 32.1. The lowest BCUT2D eigenvalue weighted by atomic mass is 10.2. The molecule has 125 heavy (non-hydrogen) atoms. The van der Waals surface area contributed by atoms with Gasteiger partial charge < -0.3 is 77.6 Å². The first-order valence-corrected chi connectivity index (χ1v) is 41.7. The summed E-state index contributed by atoms with van der Waals surface area (Å²) in [6, 6.07) is 17.4. The minimum absolute atomic E-state index is 0.0717. The molecule has 0 aliphatic carbocycles. The van der Waals surface area contributed by atoms with Crippen molar-refractivity contribution in [1.82, 2.24) is 67.0 Å². The van der Waals surface area contributed by atoms with Gasteiger partial charge in [0.05, 0.1) is 86.6 Å². The molecule has 2 aliphatic rings. The van der Waals surface area contributed by atoms with E-state index in [-0.39, 0.29) is 93.6 Å². The first kappa shape index (κ1) is 105. The third-order valence-corrected chi connectivity index (χ3v) is 21.2. The molecular weight excluding hydrogens is 1620 g/mol. The molecule has 0 spiro atoms. The van der Waals surface area contributed by atoms with E-state index in [4.69, 9.17) is 52.8 Å². The fourth-order valence-corrected chi connectivity index (χ4v) is 13.2. The number of esters is 2. The monoisotopic (exact) mass is 1740 g/mol. The number of aryl methyl sites for hydroxylation is 1. The number of terminal acetylenes is 6. The second-order valence-corrected chi connectivity index (χ2v) is 29.9. The quantitative estimate of drug-likeness (QED) is 0.0120. The van der Waals surface area contributed by atoms with E-state index in [1.807, 2.05) is 60.5 Å². The molecule has 2 fully saturated rings. The molecule has 0 bridgehead atoms. The van der Waals surface area contributed by atoms with Crippen LogP contribution in [0.2, 0.25) is 0 Å². The maximum Gasteiger partial charge on any atom is 0.324 e. The van der Waals surface area contributed by atoms with E-state index in [1.54, 1.807) is 105 Å². The first-order valence-electron chi connectivity index (χ1n) is 41.1. The predicted octanol–water partition coefficient (Wildman–Crippen LogP) is 3.73. The number of carbonyl (C=O) groups is 2. The molecule has 7 N–H and O–H groups in total. The lowest BCUT2D eigenvalue weighted by Crippen LogP contribution is -2.48. The fourth-order valence-electron chi connectivity index (χ4n) is 12.8. The molecule has 2 unspecified atom stereocenters. The SMILES string of the molecule is C#CCN(C)CCn1ccc(=O)c(O)c1C.C#CCN(CCn1ccc(=O)c(O)c1C)C(CS)C(=O)OCC.C#CCN(CCn1ccc(=O)c(O)c1C)CC(=O)OCc1ccccc1.C#CCN1CCN(CCn2ccc(=O)c(O)c2C)CC1.C#CCNC(C)CCn1ccc(=O)c(O)c1C.C#CCOCCN1CCN(CCn2ccc(=O)c(O)c2C)CC1. The summed E-state index contributed by atoms with van der Waals surface area (Å²) in [6.45, 7) is 34.6. The molecule has 9 rings (SSSR count). The Balaban J connectivity index is 0.000000317. The summed E-state index contributed by atoms with van der Waals surface area (Å²) in [5.74, 6) is 13.7. The molecule has 2 aliphatic heterocycles. The lowest BCUT2D eigenvalue weighted by molar-refractivity contribution is -0.148. The number of piperazine rings is 2. The number of benzene rings is 1. The van der Waals surface area contributed by atoms with Gasteiger partial charge in [-0.3, -0.25) is 72.7 Å². The predicted molar refractivity (Wildman–Crippen MR) is 490 cm³/mol. The van der Waals surface area contributed by atoms with Crippen molar-refractivity contribution >= 4 is 24.6 Å². The zero-order valence-electron chi connectivity index (χ0n) is 73.5. The Labute approximate surface area is 739 Å². The smallest absolute Gasteiger partial charge is 0.324 e. The number of likely N-dealkylation sites (N-methyl/N-ethyl adjacent to an activating group) is 1. The van der Waals surface area contributed by atoms with Crippen LogP contribution in [-0.2, 0) is 69.7 Å². The maximum absolute atomic E-state index is 12.1. The molecular formula is C93H124N14O17S. The second-order valence-electron chi connectivity index (χ2n) is 29.5. The van der Waals surface area contributed by atoms with Crippen molar-refractivity contribution in [3.8, 4) is 109 Å². The number of carbonyl (C=O) groups excluding carboxylic acids is 2. The minimum atomic E-state index is -0.539. The molecule has 2 saturated heterocycles. The van der Waals surface area contributed by atoms with Crippen LogP contribution in [0.4, 0.5) is 0 Å². The number of aromatic nitrogens is 6. The third kappa shape index (κ3) is 36.8. The Morgan fingerprint density at radius 1 is 0.464 bits per heavy atom. The Hall–Kier alpha value is -12.0. The van der Waals surface area contributed by atoms with Gasteiger partial charge in [-0.1, -0.05) is 65.9 Å². The van der Waals surface area contributed by atoms with Gasteiger partial charge in [0.1, 0.15) is 19.3 Å². The number of pyridine rings is 6. The van der Waals surface area contributed by atoms with Crippen LogP contribution in [0.5, 0.6) is 34.5 Å². The van der Waals surface area contributed by atoms with Gasteiger partial charge in [0.25, 0.3) is 0 Å². The van der Waals surface area contributed by atoms with Gasteiger partial charge in [-0.15, -0.1) is 38.5 Å². The number of nitrogens with zero attached hydrogens (tertiary/aromatic N) is 13. The van der Waals surface area contributed by atoms with Crippen molar-refractivity contribution in [2.75, 3.05) is 164 Å². The van der Waals surface area contributed by atoms with Crippen LogP contribution in [0.3, 0.4) is 0 Å². The summed E-state index contributed by atoms with van der Waals surface area (Å²) in [5.41, 5.74) is 2.16. The standard InChI is InChI=1S/C20H22N2O4.C17H25N3O3.C16H22N2O4S.C15H21N3O2.C13H18N2O2.C12H16N2O2/c1-3-10-21(12-13-22-11-9-18(23)20(25)16(22)2)14-19(24)26-15-17-7-5-4-6-8-17;1-3-13-23-14-12-19-8-6-18(7-9-19)10-11-20-5-4-16(21)17(22)15(20)2;1-4-7-18(13(11-23)16(21)22-5-2)10-9-17-8-6-14(19)15(20)12(17)3;1-3-5-16-7-9-17(10-8-16)11-12-18-6-4-14(19)15(20)13(18)2;1-4-7-14-10(2)5-8-15-9-6-12(16)13(17)11(15)3;1-4-6-13(3)8-9-14-7-5-11(15)12(16)10(14)2/h1,4-9,11,25H,10,12-15H2,2H3;1,4-5,22H,6-14H2,2H3;1,6,8,13,20,23H,5,7,9-11H2,2-3H3;1,4,6,20H,5,7-12H2,2H3;1,6,9-10,14,17H,5,7-8H2,2-3H3;1,5,7,16H,6,8-9H2,2-3H3. The van der Waals surface area contributed by atoms with E-state index in [1.165, 1.54) is 36.4 Å². The van der Waals surface area contributed by atoms with Crippen LogP contribution in [0.25, 0.3) is 0 Å². The van der Waals surface area contributed by atoms with Crippen molar-refractivity contribution in [3.63, 3.8) is 0 Å². The van der Waals surface area contributed by atoms with E-state index in [0.29, 0.717) is 112 Å². The Morgan fingerprint density at radius 2 is 0.848 bits per heavy atom. The van der Waals surface area contributed by atoms with Crippen LogP contribution in [0.15, 0.2) is 133 Å². The van der Waals surface area contributed by atoms with Crippen molar-refractivity contribution in [3.05, 3.63) is 205 Å². The van der Waals surface area contributed by atoms with E-state index < -0.39 is 16.9 Å². The van der Waals surface area contributed by atoms with Crippen molar-refractivity contribution < 1.29 is 54.4 Å². The van der Waals surface area contributed by atoms with Crippen LogP contribution in [0.1, 0.15) is 60.0 Å². The molecule has 674 valence electrons. The molecule has 0 amide bonds. The van der Waals surface area contributed by atoms with Crippen LogP contribution < -0.4 is 37.9 Å². The summed E-state index contributed by atoms with van der Waals surface area (Å²) in [7, 11) is 1.93. The number of nitrogens with one attached hydrogen (secondary N) is 1. The largest absolute Gasteiger partial charge is 0.503 e. The van der Waals surface area contributed by atoms with Gasteiger partial charge in [-0.25, -0.2) is 0 Å². The van der Waals surface area contributed by atoms with Gasteiger partial charge in [-0.2, -0.15) is 12.6 Å². The number of hydrogen-bond acceptors (Lipinski definition) is 26. The lowest BCUT2D eigenvalue weighted by Gasteiger charge is -2.34. The molecule has 32 heteroatoms. The number of thiol groups is 1. The summed E-state index contributed by atoms with van der Waals surface area (Å²) in [5, 5.41) is 60.9. The average Bonchev–Trinajstić information content (AvgIpc) is 0.829. The highest BCUT2D eigenvalue weighted by Gasteiger charge is 2.26.